The van der Waals surface area contributed by atoms with Crippen LogP contribution in [0.2, 0.25) is 10.0 Å². The molecule has 0 heterocycles. The third-order valence-electron chi connectivity index (χ3n) is 5.26. The first-order chi connectivity index (χ1) is 17.0. The number of nitrogens with zero attached hydrogens (tertiary/aromatic N) is 1. The molecule has 1 N–H and O–H groups in total. The molecule has 3 rings (SSSR count). The molecule has 0 aliphatic carbocycles. The van der Waals surface area contributed by atoms with Crippen molar-refractivity contribution in [1.29, 1.82) is 0 Å². The number of amides is 2. The van der Waals surface area contributed by atoms with Gasteiger partial charge in [0, 0.05) is 28.0 Å². The van der Waals surface area contributed by atoms with Crippen molar-refractivity contribution < 1.29 is 14.3 Å². The molecule has 0 aromatic heterocycles. The number of hydrogen-bond donors (Lipinski definition) is 1. The van der Waals surface area contributed by atoms with E-state index >= 15 is 0 Å². The van der Waals surface area contributed by atoms with Crippen LogP contribution in [0.3, 0.4) is 0 Å². The van der Waals surface area contributed by atoms with Crippen molar-refractivity contribution >= 4 is 50.9 Å². The molecule has 0 saturated carbocycles. The summed E-state index contributed by atoms with van der Waals surface area (Å²) in [5.74, 6) is -0.211. The van der Waals surface area contributed by atoms with E-state index in [1.54, 1.807) is 35.2 Å². The lowest BCUT2D eigenvalue weighted by molar-refractivity contribution is -0.143. The van der Waals surface area contributed by atoms with Crippen LogP contribution in [0, 0.1) is 0 Å². The van der Waals surface area contributed by atoms with Crippen molar-refractivity contribution in [3.8, 4) is 5.75 Å². The average molecular weight is 592 g/mol. The zero-order valence-corrected chi connectivity index (χ0v) is 23.5. The van der Waals surface area contributed by atoms with Gasteiger partial charge in [-0.1, -0.05) is 81.6 Å². The molecule has 0 radical (unpaired) electrons. The minimum Gasteiger partial charge on any atom is -0.482 e. The van der Waals surface area contributed by atoms with Gasteiger partial charge >= 0.3 is 0 Å². The van der Waals surface area contributed by atoms with Crippen molar-refractivity contribution in [1.82, 2.24) is 10.2 Å². The lowest BCUT2D eigenvalue weighted by Gasteiger charge is -2.33. The third kappa shape index (κ3) is 8.54. The van der Waals surface area contributed by atoms with E-state index in [2.05, 4.69) is 21.2 Å². The average Bonchev–Trinajstić information content (AvgIpc) is 2.80. The third-order valence-corrected chi connectivity index (χ3v) is 6.28. The van der Waals surface area contributed by atoms with Gasteiger partial charge in [0.1, 0.15) is 11.8 Å². The summed E-state index contributed by atoms with van der Waals surface area (Å²) in [7, 11) is 0. The van der Waals surface area contributed by atoms with Gasteiger partial charge < -0.3 is 15.0 Å². The fourth-order valence-corrected chi connectivity index (χ4v) is 4.59. The molecule has 190 valence electrons. The molecule has 1 atom stereocenters. The van der Waals surface area contributed by atoms with Gasteiger partial charge in [0.25, 0.3) is 5.91 Å². The quantitative estimate of drug-likeness (QED) is 0.302. The van der Waals surface area contributed by atoms with E-state index in [1.165, 1.54) is 0 Å². The van der Waals surface area contributed by atoms with E-state index in [4.69, 9.17) is 27.9 Å². The molecule has 1 unspecified atom stereocenters. The van der Waals surface area contributed by atoms with Crippen LogP contribution in [0.4, 0.5) is 0 Å². The van der Waals surface area contributed by atoms with Crippen molar-refractivity contribution in [2.24, 2.45) is 0 Å². The van der Waals surface area contributed by atoms with Crippen molar-refractivity contribution in [3.05, 3.63) is 98.4 Å². The summed E-state index contributed by atoms with van der Waals surface area (Å²) >= 11 is 15.8. The minimum absolute atomic E-state index is 0.186. The van der Waals surface area contributed by atoms with Gasteiger partial charge in [0.05, 0.1) is 5.02 Å². The van der Waals surface area contributed by atoms with Gasteiger partial charge in [-0.2, -0.15) is 0 Å². The van der Waals surface area contributed by atoms with Gasteiger partial charge in [0.2, 0.25) is 5.91 Å². The smallest absolute Gasteiger partial charge is 0.261 e. The van der Waals surface area contributed by atoms with E-state index in [0.717, 1.165) is 15.6 Å². The van der Waals surface area contributed by atoms with E-state index in [1.807, 2.05) is 63.2 Å². The maximum atomic E-state index is 13.6. The number of hydrogen-bond acceptors (Lipinski definition) is 3. The monoisotopic (exact) mass is 590 g/mol. The number of halogens is 3. The largest absolute Gasteiger partial charge is 0.482 e. The maximum Gasteiger partial charge on any atom is 0.261 e. The first kappa shape index (κ1) is 28.0. The highest BCUT2D eigenvalue weighted by Gasteiger charge is 2.32. The zero-order valence-electron chi connectivity index (χ0n) is 20.4. The number of nitrogens with one attached hydrogen (secondary N) is 1. The highest BCUT2D eigenvalue weighted by atomic mass is 79.9. The Bertz CT molecular complexity index is 1200. The molecule has 0 fully saturated rings. The summed E-state index contributed by atoms with van der Waals surface area (Å²) in [5, 5.41) is 3.97. The van der Waals surface area contributed by atoms with Crippen LogP contribution in [0.5, 0.6) is 5.75 Å². The second-order valence-corrected chi connectivity index (χ2v) is 11.2. The normalized spacial score (nSPS) is 12.1. The Kier molecular flexibility index (Phi) is 9.83. The SMILES string of the molecule is CC(C)(C)NC(=O)C(Cc1ccccc1)N(Cc1cccc(Cl)c1)C(=O)COc1ccc(Br)cc1Cl. The predicted octanol–water partition coefficient (Wildman–Crippen LogP) is 6.69. The molecular weight excluding hydrogens is 563 g/mol. The molecule has 0 saturated heterocycles. The first-order valence-electron chi connectivity index (χ1n) is 11.5. The van der Waals surface area contributed by atoms with Gasteiger partial charge in [-0.25, -0.2) is 0 Å². The molecule has 3 aromatic rings. The summed E-state index contributed by atoms with van der Waals surface area (Å²) in [6.45, 7) is 5.63. The Morgan fingerprint density at radius 1 is 0.972 bits per heavy atom. The number of carbonyl (C=O) groups excluding carboxylic acids is 2. The van der Waals surface area contributed by atoms with Crippen LogP contribution in [0.1, 0.15) is 31.9 Å². The van der Waals surface area contributed by atoms with E-state index in [0.29, 0.717) is 22.2 Å². The lowest BCUT2D eigenvalue weighted by Crippen LogP contribution is -2.55. The molecule has 3 aromatic carbocycles. The topological polar surface area (TPSA) is 58.6 Å². The van der Waals surface area contributed by atoms with Gasteiger partial charge in [0.15, 0.2) is 6.61 Å². The van der Waals surface area contributed by atoms with Crippen LogP contribution >= 0.6 is 39.1 Å². The summed E-state index contributed by atoms with van der Waals surface area (Å²) in [6.07, 6.45) is 0.341. The molecule has 5 nitrogen and oxygen atoms in total. The van der Waals surface area contributed by atoms with E-state index in [9.17, 15) is 9.59 Å². The van der Waals surface area contributed by atoms with Crippen LogP contribution < -0.4 is 10.1 Å². The van der Waals surface area contributed by atoms with Crippen LogP contribution in [-0.2, 0) is 22.6 Å². The molecule has 36 heavy (non-hydrogen) atoms. The lowest BCUT2D eigenvalue weighted by atomic mass is 10.0. The van der Waals surface area contributed by atoms with E-state index < -0.39 is 11.6 Å². The predicted molar refractivity (Wildman–Crippen MR) is 148 cm³/mol. The molecule has 2 amide bonds. The summed E-state index contributed by atoms with van der Waals surface area (Å²) in [4.78, 5) is 28.7. The van der Waals surface area contributed by atoms with E-state index in [-0.39, 0.29) is 25.0 Å². The van der Waals surface area contributed by atoms with Crippen molar-refractivity contribution in [2.75, 3.05) is 6.61 Å². The van der Waals surface area contributed by atoms with Crippen molar-refractivity contribution in [3.63, 3.8) is 0 Å². The summed E-state index contributed by atoms with van der Waals surface area (Å²) in [5.41, 5.74) is 1.27. The van der Waals surface area contributed by atoms with Crippen molar-refractivity contribution in [2.45, 2.75) is 45.3 Å². The number of carbonyl (C=O) groups is 2. The molecule has 0 aliphatic rings. The Balaban J connectivity index is 1.94. The van der Waals surface area contributed by atoms with Gasteiger partial charge in [-0.3, -0.25) is 9.59 Å². The second kappa shape index (κ2) is 12.6. The van der Waals surface area contributed by atoms with Gasteiger partial charge in [-0.05, 0) is 62.2 Å². The Labute approximate surface area is 230 Å². The highest BCUT2D eigenvalue weighted by molar-refractivity contribution is 9.10. The van der Waals surface area contributed by atoms with Crippen LogP contribution in [0.15, 0.2) is 77.3 Å². The number of ether oxygens (including phenoxy) is 1. The summed E-state index contributed by atoms with van der Waals surface area (Å²) < 4.78 is 6.58. The fraction of sp³-hybridized carbons (Fsp3) is 0.286. The second-order valence-electron chi connectivity index (χ2n) is 9.46. The molecular formula is C28H29BrCl2N2O3. The maximum absolute atomic E-state index is 13.6. The number of benzene rings is 3. The van der Waals surface area contributed by atoms with Crippen LogP contribution in [0.25, 0.3) is 0 Å². The first-order valence-corrected chi connectivity index (χ1v) is 13.0. The fourth-order valence-electron chi connectivity index (χ4n) is 3.65. The highest BCUT2D eigenvalue weighted by Crippen LogP contribution is 2.28. The standard InChI is InChI=1S/C28H29BrCl2N2O3/c1-28(2,3)32-27(35)24(15-19-8-5-4-6-9-19)33(17-20-10-7-11-22(30)14-20)26(34)18-36-25-13-12-21(29)16-23(25)31/h4-14,16,24H,15,17-18H2,1-3H3,(H,32,35). The zero-order chi connectivity index (χ0) is 26.3. The van der Waals surface area contributed by atoms with Gasteiger partial charge in [-0.15, -0.1) is 0 Å². The summed E-state index contributed by atoms with van der Waals surface area (Å²) in [6, 6.07) is 21.3. The molecule has 0 bridgehead atoms. The molecule has 0 aliphatic heterocycles. The minimum atomic E-state index is -0.776. The Morgan fingerprint density at radius 2 is 1.67 bits per heavy atom. The Hall–Kier alpha value is -2.54. The van der Waals surface area contributed by atoms with Crippen LogP contribution in [-0.4, -0.2) is 34.9 Å². The molecule has 0 spiro atoms. The number of rotatable bonds is 9. The molecule has 8 heteroatoms. The Morgan fingerprint density at radius 3 is 2.31 bits per heavy atom.